The molecule has 126 valence electrons. The molecule has 1 aliphatic rings. The molecule has 0 aliphatic carbocycles. The lowest BCUT2D eigenvalue weighted by molar-refractivity contribution is -0.121. The Morgan fingerprint density at radius 2 is 1.79 bits per heavy atom. The van der Waals surface area contributed by atoms with Crippen LogP contribution in [0.5, 0.6) is 0 Å². The molecule has 1 fully saturated rings. The Hall–Kier alpha value is -2.41. The van der Waals surface area contributed by atoms with Crippen LogP contribution in [-0.4, -0.2) is 29.9 Å². The van der Waals surface area contributed by atoms with Gasteiger partial charge in [-0.05, 0) is 54.6 Å². The van der Waals surface area contributed by atoms with Crippen molar-refractivity contribution in [2.75, 3.05) is 23.7 Å². The number of nitrogens with zero attached hydrogens (tertiary/aromatic N) is 1. The highest BCUT2D eigenvalue weighted by molar-refractivity contribution is 7.14. The number of rotatable bonds is 3. The average Bonchev–Trinajstić information content (AvgIpc) is 3.10. The van der Waals surface area contributed by atoms with Crippen LogP contribution in [0.15, 0.2) is 41.8 Å². The Bertz CT molecular complexity index is 695. The molecule has 0 radical (unpaired) electrons. The summed E-state index contributed by atoms with van der Waals surface area (Å²) in [5, 5.41) is 8.37. The zero-order valence-electron chi connectivity index (χ0n) is 13.0. The molecule has 1 aromatic heterocycles. The minimum Gasteiger partial charge on any atom is -0.326 e. The van der Waals surface area contributed by atoms with Crippen molar-refractivity contribution in [2.24, 2.45) is 5.92 Å². The fourth-order valence-electron chi connectivity index (χ4n) is 2.66. The molecule has 2 N–H and O–H groups in total. The lowest BCUT2D eigenvalue weighted by Crippen LogP contribution is -2.43. The number of anilines is 2. The van der Waals surface area contributed by atoms with E-state index in [1.54, 1.807) is 4.90 Å². The van der Waals surface area contributed by atoms with Crippen LogP contribution in [0, 0.1) is 11.7 Å². The fourth-order valence-corrected chi connectivity index (χ4v) is 3.26. The second-order valence-electron chi connectivity index (χ2n) is 5.66. The standard InChI is InChI=1S/C17H18FN3O2S/c18-13-3-5-14(6-4-13)19-16(22)12-7-9-21(10-8-12)17(23)20-15-2-1-11-24-15/h1-6,11-12H,7-10H2,(H,19,22)(H,20,23). The molecule has 0 bridgehead atoms. The Morgan fingerprint density at radius 3 is 2.42 bits per heavy atom. The van der Waals surface area contributed by atoms with Gasteiger partial charge >= 0.3 is 6.03 Å². The summed E-state index contributed by atoms with van der Waals surface area (Å²) in [5.41, 5.74) is 0.583. The molecule has 1 aromatic carbocycles. The summed E-state index contributed by atoms with van der Waals surface area (Å²) in [6.07, 6.45) is 1.23. The van der Waals surface area contributed by atoms with Crippen LogP contribution >= 0.6 is 11.3 Å². The average molecular weight is 347 g/mol. The third-order valence-electron chi connectivity index (χ3n) is 4.02. The third-order valence-corrected chi connectivity index (χ3v) is 4.80. The number of urea groups is 1. The summed E-state index contributed by atoms with van der Waals surface area (Å²) in [7, 11) is 0. The molecule has 3 amide bonds. The first-order chi connectivity index (χ1) is 11.6. The first-order valence-corrected chi connectivity index (χ1v) is 8.65. The molecule has 7 heteroatoms. The van der Waals surface area contributed by atoms with Crippen LogP contribution in [-0.2, 0) is 4.79 Å². The van der Waals surface area contributed by atoms with Crippen LogP contribution in [0.25, 0.3) is 0 Å². The molecule has 24 heavy (non-hydrogen) atoms. The number of benzene rings is 1. The van der Waals surface area contributed by atoms with Crippen molar-refractivity contribution >= 4 is 34.0 Å². The zero-order valence-corrected chi connectivity index (χ0v) is 13.8. The Morgan fingerprint density at radius 1 is 1.08 bits per heavy atom. The number of halogens is 1. The lowest BCUT2D eigenvalue weighted by atomic mass is 9.96. The topological polar surface area (TPSA) is 61.4 Å². The number of piperidine rings is 1. The van der Waals surface area contributed by atoms with Crippen LogP contribution in [0.2, 0.25) is 0 Å². The van der Waals surface area contributed by atoms with Gasteiger partial charge in [0.1, 0.15) is 5.82 Å². The van der Waals surface area contributed by atoms with Crippen LogP contribution in [0.1, 0.15) is 12.8 Å². The number of hydrogen-bond donors (Lipinski definition) is 2. The third kappa shape index (κ3) is 4.11. The molecule has 1 aliphatic heterocycles. The molecule has 2 aromatic rings. The summed E-state index contributed by atoms with van der Waals surface area (Å²) in [6, 6.07) is 9.31. The number of likely N-dealkylation sites (tertiary alicyclic amines) is 1. The molecule has 0 unspecified atom stereocenters. The SMILES string of the molecule is O=C(Nc1ccc(F)cc1)C1CCN(C(=O)Nc2cccs2)CC1. The zero-order chi connectivity index (χ0) is 16.9. The van der Waals surface area contributed by atoms with Gasteiger partial charge in [0.25, 0.3) is 0 Å². The summed E-state index contributed by atoms with van der Waals surface area (Å²) < 4.78 is 12.9. The van der Waals surface area contributed by atoms with Crippen molar-refractivity contribution in [1.82, 2.24) is 4.90 Å². The maximum absolute atomic E-state index is 12.9. The number of thiophene rings is 1. The molecule has 3 rings (SSSR count). The van der Waals surface area contributed by atoms with Crippen molar-refractivity contribution in [3.63, 3.8) is 0 Å². The van der Waals surface area contributed by atoms with E-state index in [9.17, 15) is 14.0 Å². The molecular weight excluding hydrogens is 329 g/mol. The molecule has 2 heterocycles. The van der Waals surface area contributed by atoms with E-state index < -0.39 is 0 Å². The highest BCUT2D eigenvalue weighted by atomic mass is 32.1. The number of carbonyl (C=O) groups excluding carboxylic acids is 2. The van der Waals surface area contributed by atoms with Gasteiger partial charge in [-0.15, -0.1) is 11.3 Å². The van der Waals surface area contributed by atoms with Gasteiger partial charge in [-0.25, -0.2) is 9.18 Å². The van der Waals surface area contributed by atoms with Crippen molar-refractivity contribution < 1.29 is 14.0 Å². The maximum Gasteiger partial charge on any atom is 0.322 e. The van der Waals surface area contributed by atoms with E-state index in [4.69, 9.17) is 0 Å². The van der Waals surface area contributed by atoms with E-state index in [1.807, 2.05) is 17.5 Å². The van der Waals surface area contributed by atoms with E-state index in [2.05, 4.69) is 10.6 Å². The molecule has 5 nitrogen and oxygen atoms in total. The normalized spacial score (nSPS) is 15.1. The molecule has 0 spiro atoms. The minimum absolute atomic E-state index is 0.0834. The first kappa shape index (κ1) is 16.4. The predicted octanol–water partition coefficient (Wildman–Crippen LogP) is 3.77. The largest absolute Gasteiger partial charge is 0.326 e. The van der Waals surface area contributed by atoms with E-state index >= 15 is 0 Å². The molecular formula is C17H18FN3O2S. The maximum atomic E-state index is 12.9. The summed E-state index contributed by atoms with van der Waals surface area (Å²) in [4.78, 5) is 26.1. The summed E-state index contributed by atoms with van der Waals surface area (Å²) in [6.45, 7) is 1.08. The Balaban J connectivity index is 1.48. The van der Waals surface area contributed by atoms with Crippen LogP contribution < -0.4 is 10.6 Å². The van der Waals surface area contributed by atoms with Crippen molar-refractivity contribution in [1.29, 1.82) is 0 Å². The van der Waals surface area contributed by atoms with Crippen LogP contribution in [0.3, 0.4) is 0 Å². The van der Waals surface area contributed by atoms with Gasteiger partial charge in [0, 0.05) is 24.7 Å². The monoisotopic (exact) mass is 347 g/mol. The van der Waals surface area contributed by atoms with Gasteiger partial charge in [-0.1, -0.05) is 0 Å². The van der Waals surface area contributed by atoms with Gasteiger partial charge in [0.05, 0.1) is 5.00 Å². The smallest absolute Gasteiger partial charge is 0.322 e. The lowest BCUT2D eigenvalue weighted by Gasteiger charge is -2.31. The van der Waals surface area contributed by atoms with E-state index in [-0.39, 0.29) is 23.7 Å². The Kier molecular flexibility index (Phi) is 5.10. The molecule has 1 saturated heterocycles. The van der Waals surface area contributed by atoms with E-state index in [0.717, 1.165) is 5.00 Å². The van der Waals surface area contributed by atoms with Gasteiger partial charge in [0.15, 0.2) is 0 Å². The second kappa shape index (κ2) is 7.44. The van der Waals surface area contributed by atoms with Crippen molar-refractivity contribution in [2.45, 2.75) is 12.8 Å². The first-order valence-electron chi connectivity index (χ1n) is 7.77. The predicted molar refractivity (Wildman–Crippen MR) is 92.7 cm³/mol. The van der Waals surface area contributed by atoms with E-state index in [0.29, 0.717) is 31.6 Å². The van der Waals surface area contributed by atoms with Gasteiger partial charge in [-0.2, -0.15) is 0 Å². The summed E-state index contributed by atoms with van der Waals surface area (Å²) in [5.74, 6) is -0.557. The fraction of sp³-hybridized carbons (Fsp3) is 0.294. The van der Waals surface area contributed by atoms with Gasteiger partial charge in [0.2, 0.25) is 5.91 Å². The Labute approximate surface area is 143 Å². The number of nitrogens with one attached hydrogen (secondary N) is 2. The number of hydrogen-bond acceptors (Lipinski definition) is 3. The second-order valence-corrected chi connectivity index (χ2v) is 6.61. The van der Waals surface area contributed by atoms with E-state index in [1.165, 1.54) is 35.6 Å². The minimum atomic E-state index is -0.335. The quantitative estimate of drug-likeness (QED) is 0.888. The van der Waals surface area contributed by atoms with Crippen molar-refractivity contribution in [3.05, 3.63) is 47.6 Å². The van der Waals surface area contributed by atoms with Gasteiger partial charge < -0.3 is 10.2 Å². The molecule has 0 atom stereocenters. The molecule has 0 saturated carbocycles. The number of carbonyl (C=O) groups is 2. The number of amides is 3. The van der Waals surface area contributed by atoms with Gasteiger partial charge in [-0.3, -0.25) is 10.1 Å². The van der Waals surface area contributed by atoms with Crippen LogP contribution in [0.4, 0.5) is 19.9 Å². The summed E-state index contributed by atoms with van der Waals surface area (Å²) >= 11 is 1.47. The highest BCUT2D eigenvalue weighted by Crippen LogP contribution is 2.21. The van der Waals surface area contributed by atoms with Crippen molar-refractivity contribution in [3.8, 4) is 0 Å². The highest BCUT2D eigenvalue weighted by Gasteiger charge is 2.27.